The Morgan fingerprint density at radius 1 is 1.26 bits per heavy atom. The predicted molar refractivity (Wildman–Crippen MR) is 90.1 cm³/mol. The second-order valence-electron chi connectivity index (χ2n) is 5.50. The van der Waals surface area contributed by atoms with Gasteiger partial charge in [0, 0.05) is 25.8 Å². The third-order valence-electron chi connectivity index (χ3n) is 3.90. The highest BCUT2D eigenvalue weighted by molar-refractivity contribution is 5.43. The van der Waals surface area contributed by atoms with Gasteiger partial charge in [0.1, 0.15) is 11.6 Å². The number of benzene rings is 1. The maximum absolute atomic E-state index is 5.38. The highest BCUT2D eigenvalue weighted by Gasteiger charge is 2.13. The largest absolute Gasteiger partial charge is 0.496 e. The quantitative estimate of drug-likeness (QED) is 0.913. The van der Waals surface area contributed by atoms with Crippen molar-refractivity contribution in [1.82, 2.24) is 9.97 Å². The Bertz CT molecular complexity index is 657. The number of morpholine rings is 1. The molecule has 2 heterocycles. The predicted octanol–water partition coefficient (Wildman–Crippen LogP) is 2.24. The van der Waals surface area contributed by atoms with E-state index >= 15 is 0 Å². The van der Waals surface area contributed by atoms with Gasteiger partial charge in [-0.1, -0.05) is 12.1 Å². The lowest BCUT2D eigenvalue weighted by Gasteiger charge is -2.27. The van der Waals surface area contributed by atoms with Crippen LogP contribution in [0.3, 0.4) is 0 Å². The Labute approximate surface area is 136 Å². The van der Waals surface area contributed by atoms with Gasteiger partial charge in [0.2, 0.25) is 5.95 Å². The summed E-state index contributed by atoms with van der Waals surface area (Å²) in [5, 5.41) is 3.28. The Morgan fingerprint density at radius 3 is 2.87 bits per heavy atom. The van der Waals surface area contributed by atoms with Crippen LogP contribution in [0.4, 0.5) is 11.8 Å². The second kappa shape index (κ2) is 7.28. The van der Waals surface area contributed by atoms with Crippen molar-refractivity contribution in [2.75, 3.05) is 43.6 Å². The first-order chi connectivity index (χ1) is 11.3. The molecule has 0 aliphatic carbocycles. The van der Waals surface area contributed by atoms with E-state index < -0.39 is 0 Å². The zero-order valence-corrected chi connectivity index (χ0v) is 13.6. The van der Waals surface area contributed by atoms with Crippen LogP contribution in [0.1, 0.15) is 11.1 Å². The molecule has 1 aliphatic rings. The summed E-state index contributed by atoms with van der Waals surface area (Å²) in [6.07, 6.45) is 1.79. The van der Waals surface area contributed by atoms with Crippen molar-refractivity contribution in [3.63, 3.8) is 0 Å². The van der Waals surface area contributed by atoms with Crippen LogP contribution < -0.4 is 15.0 Å². The Morgan fingerprint density at radius 2 is 2.09 bits per heavy atom. The molecule has 122 valence electrons. The number of rotatable bonds is 5. The van der Waals surface area contributed by atoms with Crippen LogP contribution in [-0.4, -0.2) is 43.4 Å². The summed E-state index contributed by atoms with van der Waals surface area (Å²) >= 11 is 0. The van der Waals surface area contributed by atoms with Gasteiger partial charge in [-0.25, -0.2) is 4.98 Å². The molecule has 2 aromatic rings. The van der Waals surface area contributed by atoms with Crippen LogP contribution in [-0.2, 0) is 11.3 Å². The Kier molecular flexibility index (Phi) is 4.92. The third-order valence-corrected chi connectivity index (χ3v) is 3.90. The molecule has 0 spiro atoms. The van der Waals surface area contributed by atoms with Crippen molar-refractivity contribution >= 4 is 11.8 Å². The molecule has 6 nitrogen and oxygen atoms in total. The molecule has 0 unspecified atom stereocenters. The van der Waals surface area contributed by atoms with Gasteiger partial charge in [0.05, 0.1) is 20.3 Å². The highest BCUT2D eigenvalue weighted by atomic mass is 16.5. The lowest BCUT2D eigenvalue weighted by molar-refractivity contribution is 0.122. The maximum Gasteiger partial charge on any atom is 0.224 e. The SMILES string of the molecule is COc1cc(CNc2nccc(N3CCOCC3)n2)ccc1C. The molecule has 0 radical (unpaired) electrons. The number of hydrogen-bond acceptors (Lipinski definition) is 6. The van der Waals surface area contributed by atoms with Crippen molar-refractivity contribution in [3.8, 4) is 5.75 Å². The summed E-state index contributed by atoms with van der Waals surface area (Å²) in [4.78, 5) is 11.1. The molecule has 6 heteroatoms. The van der Waals surface area contributed by atoms with Gasteiger partial charge in [-0.2, -0.15) is 4.98 Å². The monoisotopic (exact) mass is 314 g/mol. The number of anilines is 2. The fraction of sp³-hybridized carbons (Fsp3) is 0.412. The van der Waals surface area contributed by atoms with Gasteiger partial charge in [-0.3, -0.25) is 0 Å². The Balaban J connectivity index is 1.66. The van der Waals surface area contributed by atoms with Crippen LogP contribution in [0.2, 0.25) is 0 Å². The highest BCUT2D eigenvalue weighted by Crippen LogP contribution is 2.20. The van der Waals surface area contributed by atoms with E-state index in [-0.39, 0.29) is 0 Å². The van der Waals surface area contributed by atoms with Gasteiger partial charge in [0.15, 0.2) is 0 Å². The fourth-order valence-electron chi connectivity index (χ4n) is 2.56. The normalized spacial score (nSPS) is 14.6. The van der Waals surface area contributed by atoms with Crippen molar-refractivity contribution in [1.29, 1.82) is 0 Å². The molecule has 1 aliphatic heterocycles. The van der Waals surface area contributed by atoms with Crippen LogP contribution >= 0.6 is 0 Å². The van der Waals surface area contributed by atoms with Gasteiger partial charge in [-0.15, -0.1) is 0 Å². The molecule has 0 atom stereocenters. The number of nitrogens with zero attached hydrogens (tertiary/aromatic N) is 3. The first kappa shape index (κ1) is 15.6. The first-order valence-corrected chi connectivity index (χ1v) is 7.79. The van der Waals surface area contributed by atoms with Gasteiger partial charge < -0.3 is 19.7 Å². The molecule has 3 rings (SSSR count). The molecule has 0 amide bonds. The molecule has 1 fully saturated rings. The minimum Gasteiger partial charge on any atom is -0.496 e. The standard InChI is InChI=1S/C17H22N4O2/c1-13-3-4-14(11-15(13)22-2)12-19-17-18-6-5-16(20-17)21-7-9-23-10-8-21/h3-6,11H,7-10,12H2,1-2H3,(H,18,19,20). The number of ether oxygens (including phenoxy) is 2. The van der Waals surface area contributed by atoms with E-state index in [0.717, 1.165) is 49.0 Å². The average molecular weight is 314 g/mol. The number of hydrogen-bond donors (Lipinski definition) is 1. The summed E-state index contributed by atoms with van der Waals surface area (Å²) in [5.41, 5.74) is 2.26. The minimum absolute atomic E-state index is 0.633. The molecule has 1 aromatic heterocycles. The zero-order valence-electron chi connectivity index (χ0n) is 13.6. The lowest BCUT2D eigenvalue weighted by atomic mass is 10.1. The van der Waals surface area contributed by atoms with E-state index in [0.29, 0.717) is 12.5 Å². The summed E-state index contributed by atoms with van der Waals surface area (Å²) in [7, 11) is 1.69. The molecule has 0 bridgehead atoms. The van der Waals surface area contributed by atoms with Crippen molar-refractivity contribution in [3.05, 3.63) is 41.6 Å². The summed E-state index contributed by atoms with van der Waals surface area (Å²) in [6, 6.07) is 8.11. The van der Waals surface area contributed by atoms with Crippen molar-refractivity contribution in [2.24, 2.45) is 0 Å². The first-order valence-electron chi connectivity index (χ1n) is 7.79. The van der Waals surface area contributed by atoms with E-state index in [1.54, 1.807) is 13.3 Å². The molecule has 1 saturated heterocycles. The number of methoxy groups -OCH3 is 1. The third kappa shape index (κ3) is 3.90. The van der Waals surface area contributed by atoms with Crippen LogP contribution in [0.5, 0.6) is 5.75 Å². The molecular weight excluding hydrogens is 292 g/mol. The van der Waals surface area contributed by atoms with E-state index in [4.69, 9.17) is 9.47 Å². The van der Waals surface area contributed by atoms with Crippen molar-refractivity contribution < 1.29 is 9.47 Å². The summed E-state index contributed by atoms with van der Waals surface area (Å²) in [6.45, 7) is 5.91. The molecule has 1 N–H and O–H groups in total. The van der Waals surface area contributed by atoms with Gasteiger partial charge >= 0.3 is 0 Å². The van der Waals surface area contributed by atoms with E-state index in [9.17, 15) is 0 Å². The topological polar surface area (TPSA) is 59.5 Å². The van der Waals surface area contributed by atoms with E-state index in [1.807, 2.05) is 19.1 Å². The van der Waals surface area contributed by atoms with Crippen molar-refractivity contribution in [2.45, 2.75) is 13.5 Å². The molecular formula is C17H22N4O2. The van der Waals surface area contributed by atoms with E-state index in [1.165, 1.54) is 0 Å². The van der Waals surface area contributed by atoms with Crippen LogP contribution in [0, 0.1) is 6.92 Å². The average Bonchev–Trinajstić information content (AvgIpc) is 2.62. The number of aromatic nitrogens is 2. The Hall–Kier alpha value is -2.34. The fourth-order valence-corrected chi connectivity index (χ4v) is 2.56. The molecule has 0 saturated carbocycles. The van der Waals surface area contributed by atoms with Crippen LogP contribution in [0.25, 0.3) is 0 Å². The molecule has 23 heavy (non-hydrogen) atoms. The smallest absolute Gasteiger partial charge is 0.224 e. The number of aryl methyl sites for hydroxylation is 1. The van der Waals surface area contributed by atoms with E-state index in [2.05, 4.69) is 32.3 Å². The number of nitrogens with one attached hydrogen (secondary N) is 1. The summed E-state index contributed by atoms with van der Waals surface area (Å²) in [5.74, 6) is 2.47. The second-order valence-corrected chi connectivity index (χ2v) is 5.50. The van der Waals surface area contributed by atoms with Crippen LogP contribution in [0.15, 0.2) is 30.5 Å². The van der Waals surface area contributed by atoms with Gasteiger partial charge in [0.25, 0.3) is 0 Å². The minimum atomic E-state index is 0.633. The summed E-state index contributed by atoms with van der Waals surface area (Å²) < 4.78 is 10.7. The maximum atomic E-state index is 5.38. The zero-order chi connectivity index (χ0) is 16.1. The lowest BCUT2D eigenvalue weighted by Crippen LogP contribution is -2.36. The molecule has 1 aromatic carbocycles. The van der Waals surface area contributed by atoms with Gasteiger partial charge in [-0.05, 0) is 30.2 Å².